The van der Waals surface area contributed by atoms with Crippen molar-refractivity contribution in [2.24, 2.45) is 11.8 Å². The molecule has 4 atom stereocenters. The van der Waals surface area contributed by atoms with E-state index in [9.17, 15) is 9.59 Å². The van der Waals surface area contributed by atoms with Crippen LogP contribution in [-0.2, 0) is 28.5 Å². The van der Waals surface area contributed by atoms with E-state index in [1.165, 1.54) is 44.4 Å². The molecule has 226 valence electrons. The number of amides is 1. The van der Waals surface area contributed by atoms with Gasteiger partial charge < -0.3 is 30.8 Å². The molecule has 1 amide bonds. The summed E-state index contributed by atoms with van der Waals surface area (Å²) in [5.74, 6) is 8.82. The molecule has 0 aromatic carbocycles. The fraction of sp³-hybridized carbons (Fsp3) is 0.781. The van der Waals surface area contributed by atoms with E-state index in [0.29, 0.717) is 24.9 Å². The summed E-state index contributed by atoms with van der Waals surface area (Å²) in [7, 11) is 3.45. The summed E-state index contributed by atoms with van der Waals surface area (Å²) in [4.78, 5) is 22.2. The van der Waals surface area contributed by atoms with Crippen LogP contribution < -0.4 is 18.9 Å². The van der Waals surface area contributed by atoms with E-state index < -0.39 is 0 Å². The van der Waals surface area contributed by atoms with Gasteiger partial charge in [-0.15, -0.1) is 12.3 Å². The maximum Gasteiger partial charge on any atom is 1.00 e. The summed E-state index contributed by atoms with van der Waals surface area (Å²) in [5, 5.41) is 0. The van der Waals surface area contributed by atoms with Crippen LogP contribution in [0.25, 0.3) is 0 Å². The molecule has 2 unspecified atom stereocenters. The molecule has 2 rings (SSSR count). The minimum Gasteiger partial charge on any atom is -0.353 e. The molecule has 0 aliphatic carbocycles. The summed E-state index contributed by atoms with van der Waals surface area (Å²) in [6, 6.07) is 0. The molecule has 2 fully saturated rings. The molecule has 2 aliphatic rings. The van der Waals surface area contributed by atoms with Crippen molar-refractivity contribution in [1.29, 1.82) is 0 Å². The van der Waals surface area contributed by atoms with Crippen LogP contribution in [0.4, 0.5) is 0 Å². The van der Waals surface area contributed by atoms with E-state index >= 15 is 0 Å². The third-order valence-corrected chi connectivity index (χ3v) is 5.57. The van der Waals surface area contributed by atoms with Crippen LogP contribution in [0.15, 0.2) is 0 Å². The Morgan fingerprint density at radius 1 is 0.950 bits per heavy atom. The maximum atomic E-state index is 10.6. The van der Waals surface area contributed by atoms with Crippen molar-refractivity contribution in [1.82, 2.24) is 4.90 Å². The van der Waals surface area contributed by atoms with E-state index in [1.54, 1.807) is 14.1 Å². The van der Waals surface area contributed by atoms with Gasteiger partial charge in [0.05, 0.1) is 13.2 Å². The number of unbranched alkanes of at least 4 members (excludes halogenated alkanes) is 1. The number of ether oxygens (including phenoxy) is 4. The minimum absolute atomic E-state index is 0. The van der Waals surface area contributed by atoms with Gasteiger partial charge in [-0.05, 0) is 56.3 Å². The molecule has 2 saturated heterocycles. The predicted molar refractivity (Wildman–Crippen MR) is 159 cm³/mol. The van der Waals surface area contributed by atoms with Crippen molar-refractivity contribution in [3.05, 3.63) is 6.92 Å². The topological polar surface area (TPSA) is 74.3 Å². The quantitative estimate of drug-likeness (QED) is 0.188. The molecule has 2 aliphatic heterocycles. The van der Waals surface area contributed by atoms with Gasteiger partial charge in [0, 0.05) is 54.0 Å². The fourth-order valence-corrected chi connectivity index (χ4v) is 2.90. The second-order valence-electron chi connectivity index (χ2n) is 10.2. The molecule has 0 spiro atoms. The van der Waals surface area contributed by atoms with E-state index in [0.717, 1.165) is 51.9 Å². The zero-order chi connectivity index (χ0) is 29.9. The van der Waals surface area contributed by atoms with Gasteiger partial charge in [0.1, 0.15) is 0 Å². The standard InChI is InChI=1S/C13H20O3.C11H18O2.C4H9NO.C4H9.Li/c1-11(6-5-7-12(2)14)10-16-13-8-3-4-9-15-13;1-3-6-10(2)9-13-11-7-4-5-8-12-11;1-4(6)5(2)3;1-3-4-2;/h11,13H,3-4,6,8-10H2,1-2H3;1,10-11H,4-9H2,2H3;1-3H3;1,3-4H2,2H3;/q;;;-1;+1/t11-,13?;10-,11?;;;/m00.../s1. The van der Waals surface area contributed by atoms with Crippen molar-refractivity contribution >= 4 is 11.7 Å². The molecule has 0 aromatic heterocycles. The van der Waals surface area contributed by atoms with Crippen LogP contribution in [0, 0.1) is 42.9 Å². The van der Waals surface area contributed by atoms with Gasteiger partial charge in [-0.2, -0.15) is 6.42 Å². The van der Waals surface area contributed by atoms with Gasteiger partial charge in [-0.3, -0.25) is 9.59 Å². The Bertz CT molecular complexity index is 698. The Labute approximate surface area is 258 Å². The molecular formula is C32H56LiNO6. The average molecular weight is 558 g/mol. The number of rotatable bonds is 9. The summed E-state index contributed by atoms with van der Waals surface area (Å²) in [6.45, 7) is 15.9. The first kappa shape index (κ1) is 43.2. The van der Waals surface area contributed by atoms with Crippen LogP contribution in [0.1, 0.15) is 98.8 Å². The first-order chi connectivity index (χ1) is 18.6. The Morgan fingerprint density at radius 2 is 1.38 bits per heavy atom. The average Bonchev–Trinajstić information content (AvgIpc) is 2.92. The van der Waals surface area contributed by atoms with Gasteiger partial charge >= 0.3 is 18.9 Å². The normalized spacial score (nSPS) is 18.9. The van der Waals surface area contributed by atoms with Crippen LogP contribution in [0.5, 0.6) is 0 Å². The second-order valence-corrected chi connectivity index (χ2v) is 10.2. The smallest absolute Gasteiger partial charge is 0.353 e. The van der Waals surface area contributed by atoms with Crippen molar-refractivity contribution in [3.63, 3.8) is 0 Å². The third-order valence-electron chi connectivity index (χ3n) is 5.57. The zero-order valence-electron chi connectivity index (χ0n) is 26.9. The molecule has 7 nitrogen and oxygen atoms in total. The number of terminal acetylenes is 1. The van der Waals surface area contributed by atoms with Crippen LogP contribution in [0.2, 0.25) is 0 Å². The molecule has 0 N–H and O–H groups in total. The SMILES string of the molecule is C#CC[C@H](C)COC1CCCCO1.CC(=O)C#CC[C@H](C)COC1CCCCO1.CC(=O)N(C)C.[CH2-]CCC.[Li+]. The van der Waals surface area contributed by atoms with Crippen molar-refractivity contribution < 1.29 is 47.4 Å². The van der Waals surface area contributed by atoms with E-state index in [1.807, 2.05) is 0 Å². The number of hydrogen-bond donors (Lipinski definition) is 0. The van der Waals surface area contributed by atoms with E-state index in [-0.39, 0.29) is 43.1 Å². The zero-order valence-corrected chi connectivity index (χ0v) is 26.9. The Balaban J connectivity index is -0.000000510. The van der Waals surface area contributed by atoms with Crippen molar-refractivity contribution in [2.75, 3.05) is 40.5 Å². The van der Waals surface area contributed by atoms with Crippen molar-refractivity contribution in [2.45, 2.75) is 111 Å². The van der Waals surface area contributed by atoms with E-state index in [2.05, 4.69) is 45.5 Å². The number of carbonyl (C=O) groups is 2. The number of Topliss-reactive ketones (excluding diaryl/α,β-unsaturated/α-hetero) is 1. The van der Waals surface area contributed by atoms with Crippen LogP contribution >= 0.6 is 0 Å². The summed E-state index contributed by atoms with van der Waals surface area (Å²) >= 11 is 0. The summed E-state index contributed by atoms with van der Waals surface area (Å²) in [5.41, 5.74) is 0. The molecule has 2 heterocycles. The summed E-state index contributed by atoms with van der Waals surface area (Å²) < 4.78 is 22.1. The van der Waals surface area contributed by atoms with Gasteiger partial charge in [0.2, 0.25) is 11.7 Å². The van der Waals surface area contributed by atoms with Crippen molar-refractivity contribution in [3.8, 4) is 24.2 Å². The van der Waals surface area contributed by atoms with E-state index in [4.69, 9.17) is 25.4 Å². The number of nitrogens with zero attached hydrogens (tertiary/aromatic N) is 1. The molecule has 0 aromatic rings. The number of carbonyl (C=O) groups excluding carboxylic acids is 2. The van der Waals surface area contributed by atoms with Gasteiger partial charge in [-0.25, -0.2) is 0 Å². The Hall–Kier alpha value is -1.30. The van der Waals surface area contributed by atoms with Gasteiger partial charge in [0.15, 0.2) is 12.6 Å². The van der Waals surface area contributed by atoms with Crippen LogP contribution in [0.3, 0.4) is 0 Å². The molecule has 0 saturated carbocycles. The van der Waals surface area contributed by atoms with Crippen LogP contribution in [-0.4, -0.2) is 69.7 Å². The Morgan fingerprint density at radius 3 is 1.68 bits per heavy atom. The Kier molecular flexibility index (Phi) is 33.1. The first-order valence-electron chi connectivity index (χ1n) is 14.4. The largest absolute Gasteiger partial charge is 1.00 e. The first-order valence-corrected chi connectivity index (χ1v) is 14.4. The molecule has 8 heteroatoms. The number of ketones is 1. The molecule has 40 heavy (non-hydrogen) atoms. The maximum absolute atomic E-state index is 10.6. The second kappa shape index (κ2) is 30.7. The monoisotopic (exact) mass is 557 g/mol. The summed E-state index contributed by atoms with van der Waals surface area (Å²) in [6.07, 6.45) is 15.7. The fourth-order valence-electron chi connectivity index (χ4n) is 2.90. The number of hydrogen-bond acceptors (Lipinski definition) is 6. The minimum atomic E-state index is -0.0799. The molecular weight excluding hydrogens is 501 g/mol. The molecule has 0 radical (unpaired) electrons. The van der Waals surface area contributed by atoms with Gasteiger partial charge in [0.25, 0.3) is 0 Å². The third kappa shape index (κ3) is 31.2. The van der Waals surface area contributed by atoms with Gasteiger partial charge in [-0.1, -0.05) is 33.1 Å². The molecule has 0 bridgehead atoms. The predicted octanol–water partition coefficient (Wildman–Crippen LogP) is 3.06.